The topological polar surface area (TPSA) is 45.8 Å². The van der Waals surface area contributed by atoms with E-state index < -0.39 is 0 Å². The Bertz CT molecular complexity index is 447. The molecule has 1 N–H and O–H groups in total. The van der Waals surface area contributed by atoms with Gasteiger partial charge in [-0.25, -0.2) is 5.10 Å². The summed E-state index contributed by atoms with van der Waals surface area (Å²) >= 11 is 7.33. The molecule has 0 spiro atoms. The molecule has 1 heterocycles. The third kappa shape index (κ3) is 6.08. The molecule has 0 radical (unpaired) electrons. The van der Waals surface area contributed by atoms with Crippen LogP contribution in [0.15, 0.2) is 16.9 Å². The number of aromatic nitrogens is 2. The van der Waals surface area contributed by atoms with Crippen LogP contribution in [0, 0.1) is 0 Å². The van der Waals surface area contributed by atoms with Gasteiger partial charge in [-0.15, -0.1) is 0 Å². The Balaban J connectivity index is 2.88. The Morgan fingerprint density at radius 1 is 1.20 bits per heavy atom. The van der Waals surface area contributed by atoms with Gasteiger partial charge in [-0.2, -0.15) is 5.10 Å². The molecule has 1 rings (SSSR count). The fraction of sp³-hybridized carbons (Fsp3) is 0.733. The van der Waals surface area contributed by atoms with Crippen molar-refractivity contribution in [3.8, 4) is 0 Å². The van der Waals surface area contributed by atoms with E-state index in [0.29, 0.717) is 0 Å². The zero-order valence-corrected chi connectivity index (χ0v) is 15.7. The van der Waals surface area contributed by atoms with Crippen molar-refractivity contribution in [1.82, 2.24) is 10.2 Å². The van der Waals surface area contributed by atoms with Gasteiger partial charge in [0, 0.05) is 11.5 Å². The standard InChI is InChI=1S/C15H24Br2N2O/c1-4-5-6-7-10-14(2,11-15(3,16)17)12-8-9-13(20)19-18-12/h8-9H,4-7,10-11H2,1-3H3,(H,19,20). The highest BCUT2D eigenvalue weighted by Gasteiger charge is 2.34. The van der Waals surface area contributed by atoms with Gasteiger partial charge in [-0.3, -0.25) is 4.79 Å². The SMILES string of the molecule is CCCCCCC(C)(CC(C)(Br)Br)c1ccc(=O)[nH]n1. The quantitative estimate of drug-likeness (QED) is 0.492. The first-order valence-corrected chi connectivity index (χ1v) is 8.79. The zero-order valence-electron chi connectivity index (χ0n) is 12.5. The summed E-state index contributed by atoms with van der Waals surface area (Å²) in [6, 6.07) is 3.41. The molecule has 0 aliphatic rings. The predicted octanol–water partition coefficient (Wildman–Crippen LogP) is 4.89. The minimum absolute atomic E-state index is 0.0559. The van der Waals surface area contributed by atoms with Crippen molar-refractivity contribution in [2.45, 2.75) is 67.9 Å². The largest absolute Gasteiger partial charge is 0.268 e. The highest BCUT2D eigenvalue weighted by molar-refractivity contribution is 9.25. The lowest BCUT2D eigenvalue weighted by atomic mass is 9.77. The average molecular weight is 408 g/mol. The maximum Gasteiger partial charge on any atom is 0.264 e. The second-order valence-corrected chi connectivity index (χ2v) is 10.5. The maximum atomic E-state index is 11.2. The van der Waals surface area contributed by atoms with Crippen LogP contribution in [0.4, 0.5) is 0 Å². The smallest absolute Gasteiger partial charge is 0.264 e. The van der Waals surface area contributed by atoms with Gasteiger partial charge in [-0.05, 0) is 25.8 Å². The molecule has 0 aliphatic heterocycles. The minimum atomic E-state index is -0.150. The molecule has 1 aromatic rings. The number of halogens is 2. The molecule has 5 heteroatoms. The van der Waals surface area contributed by atoms with E-state index in [9.17, 15) is 4.79 Å². The number of rotatable bonds is 8. The second-order valence-electron chi connectivity index (χ2n) is 5.92. The Labute approximate surface area is 138 Å². The maximum absolute atomic E-state index is 11.2. The molecular weight excluding hydrogens is 384 g/mol. The Morgan fingerprint density at radius 2 is 1.90 bits per heavy atom. The highest BCUT2D eigenvalue weighted by Crippen LogP contribution is 2.42. The summed E-state index contributed by atoms with van der Waals surface area (Å²) in [5.41, 5.74) is 0.751. The Kier molecular flexibility index (Phi) is 6.92. The molecule has 3 nitrogen and oxygen atoms in total. The molecule has 0 saturated carbocycles. The lowest BCUT2D eigenvalue weighted by molar-refractivity contribution is 0.363. The van der Waals surface area contributed by atoms with Gasteiger partial charge < -0.3 is 0 Å². The van der Waals surface area contributed by atoms with Crippen LogP contribution in [0.25, 0.3) is 0 Å². The molecule has 114 valence electrons. The van der Waals surface area contributed by atoms with Crippen LogP contribution in [0.3, 0.4) is 0 Å². The van der Waals surface area contributed by atoms with Gasteiger partial charge in [0.25, 0.3) is 5.56 Å². The third-order valence-corrected chi connectivity index (χ3v) is 4.14. The van der Waals surface area contributed by atoms with Crippen LogP contribution < -0.4 is 5.56 Å². The molecular formula is C15H24Br2N2O. The zero-order chi connectivity index (χ0) is 15.2. The molecule has 0 aromatic carbocycles. The summed E-state index contributed by atoms with van der Waals surface area (Å²) in [6.07, 6.45) is 6.92. The number of nitrogens with one attached hydrogen (secondary N) is 1. The number of hydrogen-bond donors (Lipinski definition) is 1. The average Bonchev–Trinajstić information content (AvgIpc) is 2.33. The van der Waals surface area contributed by atoms with Gasteiger partial charge in [0.05, 0.1) is 8.93 Å². The molecule has 1 unspecified atom stereocenters. The van der Waals surface area contributed by atoms with Crippen LogP contribution >= 0.6 is 31.9 Å². The molecule has 0 aliphatic carbocycles. The summed E-state index contributed by atoms with van der Waals surface area (Å²) in [7, 11) is 0. The van der Waals surface area contributed by atoms with E-state index >= 15 is 0 Å². The van der Waals surface area contributed by atoms with E-state index in [1.807, 2.05) is 6.07 Å². The fourth-order valence-corrected chi connectivity index (χ4v) is 3.85. The van der Waals surface area contributed by atoms with Crippen molar-refractivity contribution in [2.24, 2.45) is 0 Å². The summed E-state index contributed by atoms with van der Waals surface area (Å²) in [5.74, 6) is 0. The molecule has 1 aromatic heterocycles. The highest BCUT2D eigenvalue weighted by atomic mass is 79.9. The van der Waals surface area contributed by atoms with Crippen molar-refractivity contribution >= 4 is 31.9 Å². The number of nitrogens with zero attached hydrogens (tertiary/aromatic N) is 1. The Hall–Kier alpha value is -0.160. The van der Waals surface area contributed by atoms with E-state index in [0.717, 1.165) is 18.5 Å². The number of alkyl halides is 2. The predicted molar refractivity (Wildman–Crippen MR) is 91.8 cm³/mol. The van der Waals surface area contributed by atoms with Crippen LogP contribution in [0.1, 0.15) is 65.0 Å². The first kappa shape index (κ1) is 17.9. The van der Waals surface area contributed by atoms with E-state index in [2.05, 4.69) is 62.8 Å². The van der Waals surface area contributed by atoms with Crippen molar-refractivity contribution in [1.29, 1.82) is 0 Å². The monoisotopic (exact) mass is 406 g/mol. The van der Waals surface area contributed by atoms with Gasteiger partial charge >= 0.3 is 0 Å². The van der Waals surface area contributed by atoms with Gasteiger partial charge in [0.1, 0.15) is 0 Å². The molecule has 0 fully saturated rings. The number of unbranched alkanes of at least 4 members (excludes halogenated alkanes) is 3. The first-order valence-electron chi connectivity index (χ1n) is 7.21. The minimum Gasteiger partial charge on any atom is -0.268 e. The summed E-state index contributed by atoms with van der Waals surface area (Å²) < 4.78 is -0.128. The summed E-state index contributed by atoms with van der Waals surface area (Å²) in [4.78, 5) is 11.2. The van der Waals surface area contributed by atoms with Crippen LogP contribution in [0.5, 0.6) is 0 Å². The van der Waals surface area contributed by atoms with Crippen molar-refractivity contribution in [3.63, 3.8) is 0 Å². The van der Waals surface area contributed by atoms with Gasteiger partial charge in [0.2, 0.25) is 0 Å². The van der Waals surface area contributed by atoms with Crippen molar-refractivity contribution < 1.29 is 0 Å². The van der Waals surface area contributed by atoms with Crippen LogP contribution in [0.2, 0.25) is 0 Å². The normalized spacial score (nSPS) is 15.1. The van der Waals surface area contributed by atoms with E-state index in [1.165, 1.54) is 25.7 Å². The first-order chi connectivity index (χ1) is 9.27. The van der Waals surface area contributed by atoms with E-state index in [4.69, 9.17) is 0 Å². The van der Waals surface area contributed by atoms with Crippen LogP contribution in [-0.4, -0.2) is 13.4 Å². The number of hydrogen-bond acceptors (Lipinski definition) is 2. The molecule has 1 atom stereocenters. The molecule has 0 bridgehead atoms. The second kappa shape index (κ2) is 7.74. The summed E-state index contributed by atoms with van der Waals surface area (Å²) in [5, 5.41) is 6.81. The number of H-pyrrole nitrogens is 1. The van der Waals surface area contributed by atoms with Gasteiger partial charge in [-0.1, -0.05) is 71.4 Å². The Morgan fingerprint density at radius 3 is 2.40 bits per heavy atom. The lowest BCUT2D eigenvalue weighted by Gasteiger charge is -2.33. The fourth-order valence-electron chi connectivity index (χ4n) is 2.61. The van der Waals surface area contributed by atoms with Gasteiger partial charge in [0.15, 0.2) is 0 Å². The molecule has 0 amide bonds. The summed E-state index contributed by atoms with van der Waals surface area (Å²) in [6.45, 7) is 6.54. The van der Waals surface area contributed by atoms with Crippen LogP contribution in [-0.2, 0) is 5.41 Å². The third-order valence-electron chi connectivity index (χ3n) is 3.58. The number of aromatic amines is 1. The molecule has 20 heavy (non-hydrogen) atoms. The van der Waals surface area contributed by atoms with Crippen molar-refractivity contribution in [3.05, 3.63) is 28.2 Å². The lowest BCUT2D eigenvalue weighted by Crippen LogP contribution is -2.31. The molecule has 0 saturated heterocycles. The van der Waals surface area contributed by atoms with Crippen molar-refractivity contribution in [2.75, 3.05) is 0 Å². The van der Waals surface area contributed by atoms with E-state index in [-0.39, 0.29) is 14.2 Å². The van der Waals surface area contributed by atoms with E-state index in [1.54, 1.807) is 6.07 Å².